The van der Waals surface area contributed by atoms with Crippen LogP contribution in [0.15, 0.2) is 48.7 Å². The average Bonchev–Trinajstić information content (AvgIpc) is 2.90. The van der Waals surface area contributed by atoms with E-state index in [1.165, 1.54) is 12.1 Å². The Morgan fingerprint density at radius 3 is 2.65 bits per heavy atom. The molecule has 0 radical (unpaired) electrons. The lowest BCUT2D eigenvalue weighted by Crippen LogP contribution is -2.08. The van der Waals surface area contributed by atoms with Gasteiger partial charge in [0.2, 0.25) is 0 Å². The number of rotatable bonds is 4. The topological polar surface area (TPSA) is 45.3 Å². The first-order chi connectivity index (χ1) is 12.3. The zero-order valence-electron chi connectivity index (χ0n) is 14.0. The van der Waals surface area contributed by atoms with E-state index in [4.69, 9.17) is 5.26 Å². The van der Waals surface area contributed by atoms with Crippen molar-refractivity contribution in [3.63, 3.8) is 0 Å². The van der Waals surface area contributed by atoms with Crippen LogP contribution in [0.5, 0.6) is 0 Å². The third-order valence-electron chi connectivity index (χ3n) is 4.37. The molecule has 132 valence electrons. The molecular formula is C20H15F3N2O. The number of benzene rings is 1. The van der Waals surface area contributed by atoms with E-state index in [2.05, 4.69) is 6.07 Å². The quantitative estimate of drug-likeness (QED) is 0.621. The van der Waals surface area contributed by atoms with Gasteiger partial charge in [0.1, 0.15) is 0 Å². The maximum Gasteiger partial charge on any atom is 0.416 e. The predicted octanol–water partition coefficient (Wildman–Crippen LogP) is 4.95. The summed E-state index contributed by atoms with van der Waals surface area (Å²) in [5, 5.41) is 8.86. The van der Waals surface area contributed by atoms with E-state index in [1.807, 2.05) is 4.40 Å². The van der Waals surface area contributed by atoms with Crippen LogP contribution in [0.3, 0.4) is 0 Å². The average molecular weight is 356 g/mol. The molecule has 3 nitrogen and oxygen atoms in total. The van der Waals surface area contributed by atoms with Gasteiger partial charge in [0.05, 0.1) is 22.7 Å². The monoisotopic (exact) mass is 356 g/mol. The molecule has 0 amide bonds. The molecule has 2 heterocycles. The van der Waals surface area contributed by atoms with E-state index in [1.54, 1.807) is 31.3 Å². The molecule has 0 bridgehead atoms. The highest BCUT2D eigenvalue weighted by atomic mass is 19.4. The van der Waals surface area contributed by atoms with E-state index >= 15 is 0 Å². The largest absolute Gasteiger partial charge is 0.416 e. The van der Waals surface area contributed by atoms with Crippen molar-refractivity contribution in [2.75, 3.05) is 0 Å². The Balaban J connectivity index is 2.15. The molecule has 0 N–H and O–H groups in total. The van der Waals surface area contributed by atoms with Crippen molar-refractivity contribution in [1.29, 1.82) is 5.26 Å². The molecule has 6 heteroatoms. The molecule has 26 heavy (non-hydrogen) atoms. The summed E-state index contributed by atoms with van der Waals surface area (Å²) in [6.07, 6.45) is -1.97. The number of ketones is 1. The van der Waals surface area contributed by atoms with Crippen molar-refractivity contribution in [3.05, 3.63) is 76.6 Å². The van der Waals surface area contributed by atoms with Crippen LogP contribution in [-0.4, -0.2) is 10.2 Å². The number of carbonyl (C=O) groups is 1. The highest BCUT2D eigenvalue weighted by Crippen LogP contribution is 2.31. The van der Waals surface area contributed by atoms with Crippen LogP contribution in [0.2, 0.25) is 0 Å². The number of nitriles is 1. The fourth-order valence-corrected chi connectivity index (χ4v) is 3.15. The van der Waals surface area contributed by atoms with Gasteiger partial charge >= 0.3 is 6.18 Å². The zero-order chi connectivity index (χ0) is 18.9. The summed E-state index contributed by atoms with van der Waals surface area (Å²) in [5.74, 6) is -0.458. The SMILES string of the molecule is Cc1c(C(=O)c2cccc(C(F)(F)F)c2)c2ccccn2c1CCC#N. The van der Waals surface area contributed by atoms with Gasteiger partial charge in [-0.15, -0.1) is 0 Å². The summed E-state index contributed by atoms with van der Waals surface area (Å²) >= 11 is 0. The Morgan fingerprint density at radius 1 is 1.19 bits per heavy atom. The van der Waals surface area contributed by atoms with Crippen LogP contribution in [0.1, 0.15) is 39.2 Å². The third kappa shape index (κ3) is 3.08. The van der Waals surface area contributed by atoms with Gasteiger partial charge in [-0.3, -0.25) is 4.79 Å². The van der Waals surface area contributed by atoms with Crippen LogP contribution in [0.4, 0.5) is 13.2 Å². The van der Waals surface area contributed by atoms with Crippen LogP contribution in [0.25, 0.3) is 5.52 Å². The lowest BCUT2D eigenvalue weighted by Gasteiger charge is -2.08. The maximum atomic E-state index is 13.0. The van der Waals surface area contributed by atoms with Crippen molar-refractivity contribution in [2.45, 2.75) is 25.9 Å². The number of hydrogen-bond donors (Lipinski definition) is 0. The fourth-order valence-electron chi connectivity index (χ4n) is 3.15. The second-order valence-electron chi connectivity index (χ2n) is 5.97. The zero-order valence-corrected chi connectivity index (χ0v) is 14.0. The van der Waals surface area contributed by atoms with Crippen molar-refractivity contribution >= 4 is 11.3 Å². The van der Waals surface area contributed by atoms with Crippen LogP contribution >= 0.6 is 0 Å². The summed E-state index contributed by atoms with van der Waals surface area (Å²) in [6, 6.07) is 11.9. The van der Waals surface area contributed by atoms with Crippen LogP contribution in [-0.2, 0) is 12.6 Å². The number of hydrogen-bond acceptors (Lipinski definition) is 2. The molecular weight excluding hydrogens is 341 g/mol. The first kappa shape index (κ1) is 17.7. The number of fused-ring (bicyclic) bond motifs is 1. The number of nitrogens with zero attached hydrogens (tertiary/aromatic N) is 2. The number of aryl methyl sites for hydroxylation is 1. The minimum atomic E-state index is -4.51. The third-order valence-corrected chi connectivity index (χ3v) is 4.37. The lowest BCUT2D eigenvalue weighted by molar-refractivity contribution is -0.137. The fraction of sp³-hybridized carbons (Fsp3) is 0.200. The molecule has 1 aromatic carbocycles. The van der Waals surface area contributed by atoms with Crippen molar-refractivity contribution in [3.8, 4) is 6.07 Å². The van der Waals surface area contributed by atoms with Gasteiger partial charge in [-0.05, 0) is 36.8 Å². The normalized spacial score (nSPS) is 11.5. The van der Waals surface area contributed by atoms with E-state index in [9.17, 15) is 18.0 Å². The smallest absolute Gasteiger partial charge is 0.320 e. The van der Waals surface area contributed by atoms with Crippen molar-refractivity contribution < 1.29 is 18.0 Å². The molecule has 0 aliphatic carbocycles. The Bertz CT molecular complexity index is 1030. The molecule has 0 fully saturated rings. The van der Waals surface area contributed by atoms with Crippen molar-refractivity contribution in [2.24, 2.45) is 0 Å². The van der Waals surface area contributed by atoms with Gasteiger partial charge < -0.3 is 4.40 Å². The highest BCUT2D eigenvalue weighted by molar-refractivity contribution is 6.14. The van der Waals surface area contributed by atoms with Crippen LogP contribution < -0.4 is 0 Å². The maximum absolute atomic E-state index is 13.0. The molecule has 0 saturated heterocycles. The summed E-state index contributed by atoms with van der Waals surface area (Å²) < 4.78 is 40.7. The molecule has 3 aromatic rings. The first-order valence-corrected chi connectivity index (χ1v) is 8.02. The van der Waals surface area contributed by atoms with Gasteiger partial charge in [0.25, 0.3) is 0 Å². The number of carbonyl (C=O) groups excluding carboxylic acids is 1. The molecule has 2 aromatic heterocycles. The molecule has 3 rings (SSSR count). The molecule has 0 saturated carbocycles. The van der Waals surface area contributed by atoms with Gasteiger partial charge in [0.15, 0.2) is 5.78 Å². The van der Waals surface area contributed by atoms with Gasteiger partial charge in [0, 0.05) is 30.3 Å². The highest BCUT2D eigenvalue weighted by Gasteiger charge is 2.31. The molecule has 0 unspecified atom stereocenters. The lowest BCUT2D eigenvalue weighted by atomic mass is 9.98. The summed E-state index contributed by atoms with van der Waals surface area (Å²) in [5.41, 5.74) is 1.64. The summed E-state index contributed by atoms with van der Waals surface area (Å²) in [6.45, 7) is 1.76. The van der Waals surface area contributed by atoms with Gasteiger partial charge in [-0.1, -0.05) is 18.2 Å². The second kappa shape index (κ2) is 6.68. The summed E-state index contributed by atoms with van der Waals surface area (Å²) in [7, 11) is 0. The minimum absolute atomic E-state index is 0.00823. The Morgan fingerprint density at radius 2 is 1.96 bits per heavy atom. The standard InChI is InChI=1S/C20H15F3N2O/c1-13-16(9-5-10-24)25-11-3-2-8-17(25)18(13)19(26)14-6-4-7-15(12-14)20(21,22)23/h2-4,6-8,11-12H,5,9H2,1H3. The Kier molecular flexibility index (Phi) is 4.56. The van der Waals surface area contributed by atoms with Gasteiger partial charge in [-0.25, -0.2) is 0 Å². The van der Waals surface area contributed by atoms with E-state index in [0.717, 1.165) is 17.8 Å². The second-order valence-corrected chi connectivity index (χ2v) is 5.97. The Hall–Kier alpha value is -3.07. The van der Waals surface area contributed by atoms with E-state index in [-0.39, 0.29) is 5.56 Å². The first-order valence-electron chi connectivity index (χ1n) is 8.02. The predicted molar refractivity (Wildman–Crippen MR) is 90.9 cm³/mol. The molecule has 0 aliphatic rings. The number of pyridine rings is 1. The van der Waals surface area contributed by atoms with E-state index < -0.39 is 17.5 Å². The number of alkyl halides is 3. The molecule has 0 spiro atoms. The Labute approximate surface area is 148 Å². The molecule has 0 aliphatic heterocycles. The minimum Gasteiger partial charge on any atom is -0.320 e. The molecule has 0 atom stereocenters. The van der Waals surface area contributed by atoms with Gasteiger partial charge in [-0.2, -0.15) is 18.4 Å². The van der Waals surface area contributed by atoms with Crippen molar-refractivity contribution in [1.82, 2.24) is 4.40 Å². The summed E-state index contributed by atoms with van der Waals surface area (Å²) in [4.78, 5) is 13.0. The van der Waals surface area contributed by atoms with E-state index in [0.29, 0.717) is 29.5 Å². The number of aromatic nitrogens is 1. The number of halogens is 3. The van der Waals surface area contributed by atoms with Crippen LogP contribution in [0, 0.1) is 18.3 Å².